The van der Waals surface area contributed by atoms with Crippen molar-refractivity contribution in [2.45, 2.75) is 0 Å². The van der Waals surface area contributed by atoms with Gasteiger partial charge in [0.15, 0.2) is 0 Å². The number of rotatable bonds is 4. The molecule has 128 valence electrons. The van der Waals surface area contributed by atoms with Gasteiger partial charge in [0, 0.05) is 22.7 Å². The molecule has 0 atom stereocenters. The van der Waals surface area contributed by atoms with Crippen LogP contribution < -0.4 is 0 Å². The van der Waals surface area contributed by atoms with Crippen molar-refractivity contribution < 1.29 is 9.34 Å². The van der Waals surface area contributed by atoms with Crippen molar-refractivity contribution >= 4 is 40.5 Å². The maximum atomic E-state index is 10.9. The predicted molar refractivity (Wildman–Crippen MR) is 101 cm³/mol. The molecule has 0 aliphatic carbocycles. The number of furan rings is 1. The Labute approximate surface area is 158 Å². The number of nitrogens with zero attached hydrogens (tertiary/aromatic N) is 2. The van der Waals surface area contributed by atoms with E-state index in [4.69, 9.17) is 27.6 Å². The van der Waals surface area contributed by atoms with Gasteiger partial charge in [-0.3, -0.25) is 10.1 Å². The first-order valence-corrected chi connectivity index (χ1v) is 8.15. The topological polar surface area (TPSA) is 80.1 Å². The third-order valence-electron chi connectivity index (χ3n) is 3.62. The second-order valence-electron chi connectivity index (χ2n) is 5.30. The van der Waals surface area contributed by atoms with Crippen molar-refractivity contribution in [3.8, 4) is 17.4 Å². The first kappa shape index (κ1) is 17.7. The van der Waals surface area contributed by atoms with Crippen LogP contribution in [0.15, 0.2) is 59.0 Å². The lowest BCUT2D eigenvalue weighted by Gasteiger charge is -2.01. The summed E-state index contributed by atoms with van der Waals surface area (Å²) in [6, 6.07) is 16.4. The summed E-state index contributed by atoms with van der Waals surface area (Å²) in [5.74, 6) is 0.799. The monoisotopic (exact) mass is 384 g/mol. The molecule has 0 unspecified atom stereocenters. The Morgan fingerprint density at radius 2 is 1.85 bits per heavy atom. The van der Waals surface area contributed by atoms with Gasteiger partial charge in [0.1, 0.15) is 11.5 Å². The second-order valence-corrected chi connectivity index (χ2v) is 6.14. The summed E-state index contributed by atoms with van der Waals surface area (Å²) in [7, 11) is 0. The number of allylic oxidation sites excluding steroid dienone is 1. The van der Waals surface area contributed by atoms with E-state index in [0.29, 0.717) is 38.3 Å². The molecule has 0 bridgehead atoms. The van der Waals surface area contributed by atoms with Gasteiger partial charge in [-0.25, -0.2) is 0 Å². The maximum absolute atomic E-state index is 10.9. The van der Waals surface area contributed by atoms with Crippen LogP contribution in [0.1, 0.15) is 11.3 Å². The van der Waals surface area contributed by atoms with Gasteiger partial charge in [-0.15, -0.1) is 0 Å². The summed E-state index contributed by atoms with van der Waals surface area (Å²) < 4.78 is 5.70. The van der Waals surface area contributed by atoms with Crippen molar-refractivity contribution in [1.29, 1.82) is 5.26 Å². The number of benzene rings is 2. The number of non-ortho nitro benzene ring substituents is 1. The molecule has 1 aromatic heterocycles. The highest BCUT2D eigenvalue weighted by Crippen LogP contribution is 2.33. The van der Waals surface area contributed by atoms with Gasteiger partial charge in [0.05, 0.1) is 21.6 Å². The molecule has 0 spiro atoms. The van der Waals surface area contributed by atoms with Crippen molar-refractivity contribution in [2.75, 3.05) is 0 Å². The van der Waals surface area contributed by atoms with Crippen LogP contribution >= 0.6 is 23.2 Å². The van der Waals surface area contributed by atoms with E-state index < -0.39 is 4.92 Å². The van der Waals surface area contributed by atoms with Crippen LogP contribution in [0.25, 0.3) is 23.0 Å². The molecular formula is C19H10Cl2N2O3. The smallest absolute Gasteiger partial charge is 0.270 e. The summed E-state index contributed by atoms with van der Waals surface area (Å²) in [6.07, 6.45) is 1.58. The molecule has 3 rings (SSSR count). The molecule has 5 nitrogen and oxygen atoms in total. The summed E-state index contributed by atoms with van der Waals surface area (Å²) in [5, 5.41) is 21.2. The van der Waals surface area contributed by atoms with Gasteiger partial charge in [0.25, 0.3) is 5.69 Å². The maximum Gasteiger partial charge on any atom is 0.270 e. The van der Waals surface area contributed by atoms with Gasteiger partial charge in [-0.05, 0) is 42.0 Å². The fourth-order valence-electron chi connectivity index (χ4n) is 2.34. The first-order chi connectivity index (χ1) is 12.5. The lowest BCUT2D eigenvalue weighted by molar-refractivity contribution is -0.384. The average molecular weight is 385 g/mol. The molecule has 0 aliphatic rings. The first-order valence-electron chi connectivity index (χ1n) is 7.40. The molecule has 3 aromatic rings. The molecule has 0 fully saturated rings. The molecule has 0 amide bonds. The Hall–Kier alpha value is -3.07. The zero-order chi connectivity index (χ0) is 18.7. The fraction of sp³-hybridized carbons (Fsp3) is 0. The third kappa shape index (κ3) is 3.77. The zero-order valence-corrected chi connectivity index (χ0v) is 14.7. The quantitative estimate of drug-likeness (QED) is 0.303. The van der Waals surface area contributed by atoms with E-state index in [1.165, 1.54) is 18.2 Å². The molecule has 26 heavy (non-hydrogen) atoms. The number of nitro benzene ring substituents is 1. The number of nitriles is 1. The highest BCUT2D eigenvalue weighted by molar-refractivity contribution is 6.33. The van der Waals surface area contributed by atoms with Gasteiger partial charge in [0.2, 0.25) is 0 Å². The Morgan fingerprint density at radius 1 is 1.12 bits per heavy atom. The van der Waals surface area contributed by atoms with E-state index in [-0.39, 0.29) is 5.69 Å². The van der Waals surface area contributed by atoms with Gasteiger partial charge < -0.3 is 4.42 Å². The number of hydrogen-bond acceptors (Lipinski definition) is 4. The Kier molecular flexibility index (Phi) is 5.08. The lowest BCUT2D eigenvalue weighted by Crippen LogP contribution is -1.88. The van der Waals surface area contributed by atoms with E-state index in [1.54, 1.807) is 42.5 Å². The Bertz CT molecular complexity index is 1050. The van der Waals surface area contributed by atoms with Crippen LogP contribution in [-0.2, 0) is 0 Å². The van der Waals surface area contributed by atoms with Gasteiger partial charge in [-0.2, -0.15) is 5.26 Å². The van der Waals surface area contributed by atoms with Crippen LogP contribution in [0.4, 0.5) is 5.69 Å². The predicted octanol–water partition coefficient (Wildman–Crippen LogP) is 6.23. The molecule has 2 aromatic carbocycles. The summed E-state index contributed by atoms with van der Waals surface area (Å²) in [6.45, 7) is 0. The summed E-state index contributed by atoms with van der Waals surface area (Å²) >= 11 is 12.0. The molecule has 0 radical (unpaired) electrons. The minimum atomic E-state index is -0.502. The van der Waals surface area contributed by atoms with Crippen LogP contribution in [0, 0.1) is 21.4 Å². The van der Waals surface area contributed by atoms with Crippen LogP contribution in [-0.4, -0.2) is 4.92 Å². The normalized spacial score (nSPS) is 11.2. The van der Waals surface area contributed by atoms with E-state index >= 15 is 0 Å². The largest absolute Gasteiger partial charge is 0.457 e. The number of halogens is 2. The van der Waals surface area contributed by atoms with Crippen LogP contribution in [0.3, 0.4) is 0 Å². The minimum absolute atomic E-state index is 0.0863. The molecule has 0 N–H and O–H groups in total. The van der Waals surface area contributed by atoms with Crippen molar-refractivity contribution in [2.24, 2.45) is 0 Å². The van der Waals surface area contributed by atoms with Crippen LogP contribution in [0.5, 0.6) is 0 Å². The minimum Gasteiger partial charge on any atom is -0.457 e. The average Bonchev–Trinajstić information content (AvgIpc) is 3.09. The SMILES string of the molecule is N#C/C(=C/c1ccc(-c2cc([N+](=O)[O-])ccc2Cl)o1)c1ccc(Cl)cc1. The second kappa shape index (κ2) is 7.44. The number of hydrogen-bond donors (Lipinski definition) is 0. The van der Waals surface area contributed by atoms with E-state index in [2.05, 4.69) is 6.07 Å². The van der Waals surface area contributed by atoms with Gasteiger partial charge in [-0.1, -0.05) is 35.3 Å². The number of nitro groups is 1. The molecule has 0 aliphatic heterocycles. The van der Waals surface area contributed by atoms with E-state index in [0.717, 1.165) is 0 Å². The third-order valence-corrected chi connectivity index (χ3v) is 4.20. The standard InChI is InChI=1S/C19H10Cl2N2O3/c20-14-3-1-12(2-4-14)13(11-22)9-16-6-8-19(26-16)17-10-15(23(24)25)5-7-18(17)21/h1-10H/b13-9-. The Morgan fingerprint density at radius 3 is 2.50 bits per heavy atom. The van der Waals surface area contributed by atoms with Crippen molar-refractivity contribution in [3.05, 3.63) is 86.1 Å². The molecule has 0 saturated carbocycles. The summed E-state index contributed by atoms with van der Waals surface area (Å²) in [4.78, 5) is 10.4. The van der Waals surface area contributed by atoms with Crippen LogP contribution in [0.2, 0.25) is 10.0 Å². The van der Waals surface area contributed by atoms with Crippen molar-refractivity contribution in [3.63, 3.8) is 0 Å². The molecule has 1 heterocycles. The van der Waals surface area contributed by atoms with E-state index in [9.17, 15) is 15.4 Å². The van der Waals surface area contributed by atoms with Crippen molar-refractivity contribution in [1.82, 2.24) is 0 Å². The fourth-order valence-corrected chi connectivity index (χ4v) is 2.68. The Balaban J connectivity index is 1.97. The lowest BCUT2D eigenvalue weighted by atomic mass is 10.1. The highest BCUT2D eigenvalue weighted by atomic mass is 35.5. The molecule has 0 saturated heterocycles. The highest BCUT2D eigenvalue weighted by Gasteiger charge is 2.14. The van der Waals surface area contributed by atoms with Gasteiger partial charge >= 0.3 is 0 Å². The zero-order valence-electron chi connectivity index (χ0n) is 13.1. The summed E-state index contributed by atoms with van der Waals surface area (Å²) in [5.41, 5.74) is 1.42. The van der Waals surface area contributed by atoms with E-state index in [1.807, 2.05) is 0 Å². The molecule has 7 heteroatoms. The molecular weight excluding hydrogens is 375 g/mol.